The summed E-state index contributed by atoms with van der Waals surface area (Å²) in [4.78, 5) is 42.3. The smallest absolute Gasteiger partial charge is 0.325 e. The first-order valence-corrected chi connectivity index (χ1v) is 14.6. The van der Waals surface area contributed by atoms with Crippen molar-refractivity contribution in [1.82, 2.24) is 14.2 Å². The van der Waals surface area contributed by atoms with Gasteiger partial charge in [0.25, 0.3) is 5.91 Å². The molecule has 0 saturated carbocycles. The molecular weight excluding hydrogens is 502 g/mol. The number of esters is 1. The number of rotatable bonds is 16. The van der Waals surface area contributed by atoms with E-state index in [9.17, 15) is 14.4 Å². The molecule has 0 saturated heterocycles. The number of ketones is 1. The molecule has 2 aromatic heterocycles. The number of amides is 1. The summed E-state index contributed by atoms with van der Waals surface area (Å²) in [5.74, 6) is -0.789. The fraction of sp³-hybridized carbons (Fsp3) is 0.485. The lowest BCUT2D eigenvalue weighted by atomic mass is 10.0. The van der Waals surface area contributed by atoms with Gasteiger partial charge in [0.1, 0.15) is 6.54 Å². The van der Waals surface area contributed by atoms with E-state index in [0.717, 1.165) is 24.9 Å². The number of nitrogens with zero attached hydrogens (tertiary/aromatic N) is 3. The third kappa shape index (κ3) is 8.28. The molecule has 2 heterocycles. The number of carbonyl (C=O) groups excluding carboxylic acids is 3. The summed E-state index contributed by atoms with van der Waals surface area (Å²) in [5, 5.41) is 0. The zero-order valence-corrected chi connectivity index (χ0v) is 24.8. The first kappa shape index (κ1) is 31.1. The predicted molar refractivity (Wildman–Crippen MR) is 160 cm³/mol. The molecular formula is C33H45N3O4. The molecule has 0 N–H and O–H groups in total. The van der Waals surface area contributed by atoms with Crippen LogP contribution in [-0.4, -0.2) is 71.2 Å². The van der Waals surface area contributed by atoms with Crippen molar-refractivity contribution in [3.05, 3.63) is 77.1 Å². The molecule has 0 fully saturated rings. The maximum absolute atomic E-state index is 13.4. The molecule has 3 rings (SSSR count). The van der Waals surface area contributed by atoms with Crippen molar-refractivity contribution in [2.24, 2.45) is 0 Å². The van der Waals surface area contributed by atoms with Crippen molar-refractivity contribution < 1.29 is 19.1 Å². The van der Waals surface area contributed by atoms with Gasteiger partial charge in [0.2, 0.25) is 5.78 Å². The average molecular weight is 548 g/mol. The highest BCUT2D eigenvalue weighted by molar-refractivity contribution is 6.08. The molecule has 0 aliphatic heterocycles. The molecule has 7 nitrogen and oxygen atoms in total. The topological polar surface area (TPSA) is 71.3 Å². The molecule has 0 aliphatic rings. The summed E-state index contributed by atoms with van der Waals surface area (Å²) in [6, 6.07) is 14.8. The monoisotopic (exact) mass is 547 g/mol. The fourth-order valence-corrected chi connectivity index (χ4v) is 4.86. The van der Waals surface area contributed by atoms with Gasteiger partial charge in [-0.2, -0.15) is 0 Å². The van der Waals surface area contributed by atoms with Crippen LogP contribution in [0.3, 0.4) is 0 Å². The van der Waals surface area contributed by atoms with E-state index in [2.05, 4.69) is 30.9 Å². The van der Waals surface area contributed by atoms with Crippen LogP contribution in [0.25, 0.3) is 5.52 Å². The zero-order chi connectivity index (χ0) is 29.1. The summed E-state index contributed by atoms with van der Waals surface area (Å²) in [6.45, 7) is 11.5. The average Bonchev–Trinajstić information content (AvgIpc) is 3.39. The zero-order valence-electron chi connectivity index (χ0n) is 24.8. The van der Waals surface area contributed by atoms with Crippen LogP contribution in [0.4, 0.5) is 0 Å². The van der Waals surface area contributed by atoms with Crippen LogP contribution >= 0.6 is 0 Å². The van der Waals surface area contributed by atoms with E-state index in [-0.39, 0.29) is 24.3 Å². The lowest BCUT2D eigenvalue weighted by molar-refractivity contribution is -0.141. The molecule has 7 heteroatoms. The van der Waals surface area contributed by atoms with Gasteiger partial charge in [0.15, 0.2) is 0 Å². The number of hydrogen-bond acceptors (Lipinski definition) is 5. The molecule has 1 aromatic carbocycles. The van der Waals surface area contributed by atoms with Crippen molar-refractivity contribution in [2.45, 2.75) is 72.3 Å². The standard InChI is InChI=1S/C33H45N3O4/c1-6-8-19-34(20-9-7-2)21-10-11-26-12-14-27(15-13-26)32(38)30-17-16-29-23-28(18-22-35(29)30)33(39)36(25(3)4)24-31(37)40-5/h12-18,22-23,25H,6-11,19-21,24H2,1-5H3. The van der Waals surface area contributed by atoms with Crippen molar-refractivity contribution in [3.63, 3.8) is 0 Å². The van der Waals surface area contributed by atoms with E-state index in [1.165, 1.54) is 56.3 Å². The van der Waals surface area contributed by atoms with Gasteiger partial charge in [-0.25, -0.2) is 0 Å². The van der Waals surface area contributed by atoms with E-state index < -0.39 is 5.97 Å². The number of unbranched alkanes of at least 4 members (excludes halogenated alkanes) is 2. The number of methoxy groups -OCH3 is 1. The van der Waals surface area contributed by atoms with Gasteiger partial charge in [-0.3, -0.25) is 14.4 Å². The maximum atomic E-state index is 13.4. The van der Waals surface area contributed by atoms with E-state index >= 15 is 0 Å². The molecule has 0 spiro atoms. The van der Waals surface area contributed by atoms with Crippen LogP contribution in [0.5, 0.6) is 0 Å². The van der Waals surface area contributed by atoms with Crippen LogP contribution in [-0.2, 0) is 16.0 Å². The van der Waals surface area contributed by atoms with Crippen LogP contribution in [0.15, 0.2) is 54.7 Å². The normalized spacial score (nSPS) is 11.4. The Hall–Kier alpha value is -3.45. The Labute approximate surface area is 239 Å². The molecule has 3 aromatic rings. The highest BCUT2D eigenvalue weighted by Gasteiger charge is 2.23. The lowest BCUT2D eigenvalue weighted by Gasteiger charge is -2.25. The number of carbonyl (C=O) groups is 3. The summed E-state index contributed by atoms with van der Waals surface area (Å²) in [6.07, 6.45) is 8.79. The van der Waals surface area contributed by atoms with Gasteiger partial charge in [-0.15, -0.1) is 0 Å². The van der Waals surface area contributed by atoms with Crippen LogP contribution < -0.4 is 0 Å². The van der Waals surface area contributed by atoms with Crippen molar-refractivity contribution >= 4 is 23.2 Å². The number of aromatic nitrogens is 1. The number of pyridine rings is 1. The summed E-state index contributed by atoms with van der Waals surface area (Å²) in [7, 11) is 1.31. The Morgan fingerprint density at radius 3 is 2.10 bits per heavy atom. The predicted octanol–water partition coefficient (Wildman–Crippen LogP) is 6.03. The summed E-state index contributed by atoms with van der Waals surface area (Å²) >= 11 is 0. The number of ether oxygens (including phenoxy) is 1. The van der Waals surface area contributed by atoms with Crippen LogP contribution in [0, 0.1) is 0 Å². The third-order valence-electron chi connectivity index (χ3n) is 7.36. The second kappa shape index (κ2) is 15.4. The summed E-state index contributed by atoms with van der Waals surface area (Å²) in [5.41, 5.74) is 3.62. The SMILES string of the molecule is CCCCN(CCCC)CCCc1ccc(C(=O)c2ccc3cc(C(=O)N(CC(=O)OC)C(C)C)ccn23)cc1. The minimum Gasteiger partial charge on any atom is -0.468 e. The fourth-order valence-electron chi connectivity index (χ4n) is 4.86. The van der Waals surface area contributed by atoms with Gasteiger partial charge < -0.3 is 18.9 Å². The molecule has 0 unspecified atom stereocenters. The van der Waals surface area contributed by atoms with E-state index in [1.807, 2.05) is 32.0 Å². The van der Waals surface area contributed by atoms with Gasteiger partial charge >= 0.3 is 5.97 Å². The van der Waals surface area contributed by atoms with Crippen LogP contribution in [0.2, 0.25) is 0 Å². The Morgan fingerprint density at radius 1 is 0.850 bits per heavy atom. The molecule has 1 amide bonds. The lowest BCUT2D eigenvalue weighted by Crippen LogP contribution is -2.41. The number of benzene rings is 1. The number of hydrogen-bond donors (Lipinski definition) is 0. The Kier molecular flexibility index (Phi) is 11.9. The minimum absolute atomic E-state index is 0.0644. The highest BCUT2D eigenvalue weighted by Crippen LogP contribution is 2.19. The second-order valence-corrected chi connectivity index (χ2v) is 10.7. The molecule has 0 bridgehead atoms. The second-order valence-electron chi connectivity index (χ2n) is 10.7. The van der Waals surface area contributed by atoms with Gasteiger partial charge in [0.05, 0.1) is 12.8 Å². The van der Waals surface area contributed by atoms with E-state index in [4.69, 9.17) is 4.74 Å². The largest absolute Gasteiger partial charge is 0.468 e. The van der Waals surface area contributed by atoms with Gasteiger partial charge in [-0.1, -0.05) is 51.0 Å². The Bertz CT molecular complexity index is 1250. The molecule has 0 atom stereocenters. The Morgan fingerprint density at radius 2 is 1.50 bits per heavy atom. The number of aryl methyl sites for hydroxylation is 1. The molecule has 40 heavy (non-hydrogen) atoms. The van der Waals surface area contributed by atoms with Gasteiger partial charge in [-0.05, 0) is 89.0 Å². The highest BCUT2D eigenvalue weighted by atomic mass is 16.5. The number of fused-ring (bicyclic) bond motifs is 1. The minimum atomic E-state index is -0.467. The summed E-state index contributed by atoms with van der Waals surface area (Å²) < 4.78 is 6.54. The quantitative estimate of drug-likeness (QED) is 0.162. The van der Waals surface area contributed by atoms with E-state index in [1.54, 1.807) is 28.8 Å². The first-order valence-electron chi connectivity index (χ1n) is 14.6. The molecule has 0 radical (unpaired) electrons. The first-order chi connectivity index (χ1) is 19.3. The van der Waals surface area contributed by atoms with Gasteiger partial charge in [0, 0.05) is 28.9 Å². The van der Waals surface area contributed by atoms with Crippen molar-refractivity contribution in [2.75, 3.05) is 33.3 Å². The van der Waals surface area contributed by atoms with Crippen LogP contribution in [0.1, 0.15) is 91.8 Å². The Balaban J connectivity index is 1.66. The molecule has 216 valence electrons. The van der Waals surface area contributed by atoms with E-state index in [0.29, 0.717) is 16.8 Å². The molecule has 0 aliphatic carbocycles. The van der Waals surface area contributed by atoms with Crippen molar-refractivity contribution in [1.29, 1.82) is 0 Å². The third-order valence-corrected chi connectivity index (χ3v) is 7.36. The van der Waals surface area contributed by atoms with Crippen molar-refractivity contribution in [3.8, 4) is 0 Å². The maximum Gasteiger partial charge on any atom is 0.325 e.